The van der Waals surface area contributed by atoms with Crippen molar-refractivity contribution in [1.29, 1.82) is 0 Å². The zero-order valence-corrected chi connectivity index (χ0v) is 11.8. The molecule has 0 unspecified atom stereocenters. The molecule has 2 heterocycles. The third kappa shape index (κ3) is 1.89. The summed E-state index contributed by atoms with van der Waals surface area (Å²) in [5.74, 6) is -1.09. The molecular formula is C7H2Cl2FIN2O2S. The maximum atomic E-state index is 13.6. The number of halogens is 4. The Labute approximate surface area is 113 Å². The van der Waals surface area contributed by atoms with Gasteiger partial charge in [-0.1, -0.05) is 11.6 Å². The number of pyridine rings is 1. The Hall–Kier alpha value is -0.120. The first-order valence-electron chi connectivity index (χ1n) is 3.77. The van der Waals surface area contributed by atoms with E-state index in [4.69, 9.17) is 22.3 Å². The third-order valence-electron chi connectivity index (χ3n) is 1.90. The summed E-state index contributed by atoms with van der Waals surface area (Å²) in [6.45, 7) is 0. The highest BCUT2D eigenvalue weighted by Gasteiger charge is 2.22. The van der Waals surface area contributed by atoms with Crippen LogP contribution in [0.4, 0.5) is 4.39 Å². The molecule has 2 aromatic heterocycles. The van der Waals surface area contributed by atoms with Gasteiger partial charge in [0, 0.05) is 10.7 Å². The molecule has 0 atom stereocenters. The molecule has 0 fully saturated rings. The van der Waals surface area contributed by atoms with E-state index < -0.39 is 19.8 Å². The second kappa shape index (κ2) is 3.97. The van der Waals surface area contributed by atoms with E-state index >= 15 is 0 Å². The zero-order valence-electron chi connectivity index (χ0n) is 7.29. The van der Waals surface area contributed by atoms with E-state index in [0.29, 0.717) is 9.22 Å². The lowest BCUT2D eigenvalue weighted by molar-refractivity contribution is 0.570. The van der Waals surface area contributed by atoms with Crippen molar-refractivity contribution >= 4 is 59.4 Å². The van der Waals surface area contributed by atoms with E-state index in [-0.39, 0.29) is 5.15 Å². The molecule has 0 aliphatic heterocycles. The molecule has 0 radical (unpaired) electrons. The van der Waals surface area contributed by atoms with E-state index in [1.54, 1.807) is 0 Å². The zero-order chi connectivity index (χ0) is 12.1. The molecule has 0 N–H and O–H groups in total. The molecule has 0 spiro atoms. The second-order valence-electron chi connectivity index (χ2n) is 2.84. The van der Waals surface area contributed by atoms with Crippen molar-refractivity contribution in [2.75, 3.05) is 0 Å². The van der Waals surface area contributed by atoms with Crippen molar-refractivity contribution in [3.8, 4) is 0 Å². The van der Waals surface area contributed by atoms with Crippen LogP contribution in [0.1, 0.15) is 0 Å². The van der Waals surface area contributed by atoms with Crippen LogP contribution in [0.25, 0.3) is 5.52 Å². The minimum absolute atomic E-state index is 0.368. The molecule has 0 bridgehead atoms. The second-order valence-corrected chi connectivity index (χ2v) is 6.76. The summed E-state index contributed by atoms with van der Waals surface area (Å²) in [6, 6.07) is 1.10. The minimum Gasteiger partial charge on any atom is -0.286 e. The lowest BCUT2D eigenvalue weighted by Crippen LogP contribution is -2.00. The Bertz CT molecular complexity index is 685. The Balaban J connectivity index is 2.98. The van der Waals surface area contributed by atoms with E-state index in [2.05, 4.69) is 4.98 Å². The topological polar surface area (TPSA) is 51.4 Å². The minimum atomic E-state index is -4.17. The first kappa shape index (κ1) is 12.3. The quantitative estimate of drug-likeness (QED) is 0.424. The van der Waals surface area contributed by atoms with Crippen molar-refractivity contribution in [2.45, 2.75) is 4.90 Å². The van der Waals surface area contributed by atoms with Gasteiger partial charge in [-0.25, -0.2) is 17.8 Å². The highest BCUT2D eigenvalue weighted by Crippen LogP contribution is 2.28. The molecule has 0 aromatic carbocycles. The Morgan fingerprint density at radius 1 is 1.50 bits per heavy atom. The molecule has 0 amide bonds. The van der Waals surface area contributed by atoms with E-state index in [0.717, 1.165) is 6.07 Å². The van der Waals surface area contributed by atoms with Crippen LogP contribution in [0.2, 0.25) is 5.15 Å². The highest BCUT2D eigenvalue weighted by atomic mass is 127. The smallest absolute Gasteiger partial charge is 0.264 e. The molecule has 16 heavy (non-hydrogen) atoms. The Morgan fingerprint density at radius 3 is 2.69 bits per heavy atom. The number of imidazole rings is 1. The van der Waals surface area contributed by atoms with Crippen LogP contribution >= 0.6 is 44.9 Å². The van der Waals surface area contributed by atoms with Crippen LogP contribution in [-0.2, 0) is 9.05 Å². The fraction of sp³-hybridized carbons (Fsp3) is 0. The van der Waals surface area contributed by atoms with Crippen molar-refractivity contribution in [3.63, 3.8) is 0 Å². The van der Waals surface area contributed by atoms with Crippen LogP contribution in [0.3, 0.4) is 0 Å². The van der Waals surface area contributed by atoms with Crippen LogP contribution in [-0.4, -0.2) is 17.8 Å². The number of rotatable bonds is 1. The third-order valence-corrected chi connectivity index (χ3v) is 4.40. The molecule has 2 rings (SSSR count). The SMILES string of the molecule is O=S(=O)(Cl)c1cc2c(I)ncn2c(Cl)c1F. The summed E-state index contributed by atoms with van der Waals surface area (Å²) < 4.78 is 37.6. The summed E-state index contributed by atoms with van der Waals surface area (Å²) in [5.41, 5.74) is 0.381. The van der Waals surface area contributed by atoms with E-state index in [1.807, 2.05) is 22.6 Å². The Morgan fingerprint density at radius 2 is 2.12 bits per heavy atom. The first-order valence-corrected chi connectivity index (χ1v) is 7.54. The molecule has 9 heteroatoms. The summed E-state index contributed by atoms with van der Waals surface area (Å²) in [5, 5.41) is -0.368. The molecule has 0 aliphatic rings. The van der Waals surface area contributed by atoms with Gasteiger partial charge in [-0.05, 0) is 28.7 Å². The van der Waals surface area contributed by atoms with Crippen LogP contribution in [0.5, 0.6) is 0 Å². The van der Waals surface area contributed by atoms with Gasteiger partial charge < -0.3 is 0 Å². The van der Waals surface area contributed by atoms with Gasteiger partial charge in [0.15, 0.2) is 11.0 Å². The monoisotopic (exact) mass is 394 g/mol. The molecule has 2 aromatic rings. The van der Waals surface area contributed by atoms with Crippen molar-refractivity contribution in [3.05, 3.63) is 27.1 Å². The van der Waals surface area contributed by atoms with Gasteiger partial charge in [0.2, 0.25) is 0 Å². The fourth-order valence-electron chi connectivity index (χ4n) is 1.19. The number of fused-ring (bicyclic) bond motifs is 1. The normalized spacial score (nSPS) is 12.2. The maximum absolute atomic E-state index is 13.6. The standard InChI is InChI=1S/C7H2Cl2FIN2O2S/c8-6-5(10)4(16(9,14)15)1-3-7(11)12-2-13(3)6/h1-2H. The fourth-order valence-corrected chi connectivity index (χ4v) is 2.93. The summed E-state index contributed by atoms with van der Waals surface area (Å²) in [7, 11) is 0.923. The van der Waals surface area contributed by atoms with Crippen LogP contribution < -0.4 is 0 Å². The van der Waals surface area contributed by atoms with Crippen molar-refractivity contribution < 1.29 is 12.8 Å². The van der Waals surface area contributed by atoms with Crippen molar-refractivity contribution in [2.24, 2.45) is 0 Å². The van der Waals surface area contributed by atoms with E-state index in [1.165, 1.54) is 10.7 Å². The predicted molar refractivity (Wildman–Crippen MR) is 65.9 cm³/mol. The van der Waals surface area contributed by atoms with E-state index in [9.17, 15) is 12.8 Å². The predicted octanol–water partition coefficient (Wildman–Crippen LogP) is 2.66. The number of nitrogens with zero attached hydrogens (tertiary/aromatic N) is 2. The largest absolute Gasteiger partial charge is 0.286 e. The van der Waals surface area contributed by atoms with Crippen LogP contribution in [0, 0.1) is 9.52 Å². The lowest BCUT2D eigenvalue weighted by atomic mass is 10.4. The summed E-state index contributed by atoms with van der Waals surface area (Å²) >= 11 is 7.55. The average Bonchev–Trinajstić information content (AvgIpc) is 2.52. The highest BCUT2D eigenvalue weighted by molar-refractivity contribution is 14.1. The molecular weight excluding hydrogens is 393 g/mol. The number of hydrogen-bond donors (Lipinski definition) is 0. The molecule has 0 saturated heterocycles. The van der Waals surface area contributed by atoms with Gasteiger partial charge in [0.05, 0.1) is 5.52 Å². The average molecular weight is 395 g/mol. The summed E-state index contributed by atoms with van der Waals surface area (Å²) in [4.78, 5) is 3.23. The Kier molecular flexibility index (Phi) is 3.06. The first-order chi connectivity index (χ1) is 7.32. The van der Waals surface area contributed by atoms with Crippen molar-refractivity contribution in [1.82, 2.24) is 9.38 Å². The number of hydrogen-bond acceptors (Lipinski definition) is 3. The molecule has 0 aliphatic carbocycles. The van der Waals surface area contributed by atoms with Crippen LogP contribution in [0.15, 0.2) is 17.3 Å². The van der Waals surface area contributed by atoms with Gasteiger partial charge >= 0.3 is 0 Å². The van der Waals surface area contributed by atoms with Gasteiger partial charge in [0.1, 0.15) is 14.9 Å². The summed E-state index contributed by atoms with van der Waals surface area (Å²) in [6.07, 6.45) is 1.30. The number of aromatic nitrogens is 2. The maximum Gasteiger partial charge on any atom is 0.264 e. The molecule has 4 nitrogen and oxygen atoms in total. The van der Waals surface area contributed by atoms with Gasteiger partial charge in [-0.3, -0.25) is 4.40 Å². The molecule has 0 saturated carbocycles. The van der Waals surface area contributed by atoms with Gasteiger partial charge in [0.25, 0.3) is 9.05 Å². The molecule has 86 valence electrons. The van der Waals surface area contributed by atoms with Gasteiger partial charge in [-0.15, -0.1) is 0 Å². The lowest BCUT2D eigenvalue weighted by Gasteiger charge is -2.04. The van der Waals surface area contributed by atoms with Gasteiger partial charge in [-0.2, -0.15) is 0 Å².